The summed E-state index contributed by atoms with van der Waals surface area (Å²) in [4.78, 5) is 14.4. The quantitative estimate of drug-likeness (QED) is 0.790. The summed E-state index contributed by atoms with van der Waals surface area (Å²) >= 11 is 0. The van der Waals surface area contributed by atoms with Gasteiger partial charge in [0, 0.05) is 12.6 Å². The average Bonchev–Trinajstić information content (AvgIpc) is 2.96. The van der Waals surface area contributed by atoms with Crippen LogP contribution in [0.4, 0.5) is 11.6 Å². The number of nitrogens with zero attached hydrogens (tertiary/aromatic N) is 3. The highest BCUT2D eigenvalue weighted by Gasteiger charge is 2.36. The number of rotatable bonds is 2. The molecule has 0 bridgehead atoms. The Labute approximate surface area is 140 Å². The summed E-state index contributed by atoms with van der Waals surface area (Å²) in [6.07, 6.45) is 0.571. The third kappa shape index (κ3) is 2.17. The van der Waals surface area contributed by atoms with Crippen LogP contribution in [0.5, 0.6) is 0 Å². The number of aromatic nitrogens is 2. The van der Waals surface area contributed by atoms with Gasteiger partial charge in [-0.15, -0.1) is 5.10 Å². The molecule has 5 nitrogen and oxygen atoms in total. The lowest BCUT2D eigenvalue weighted by Crippen LogP contribution is -2.37. The summed E-state index contributed by atoms with van der Waals surface area (Å²) in [6.45, 7) is 0. The highest BCUT2D eigenvalue weighted by atomic mass is 16.2. The molecule has 24 heavy (non-hydrogen) atoms. The van der Waals surface area contributed by atoms with Gasteiger partial charge in [-0.05, 0) is 24.1 Å². The first kappa shape index (κ1) is 14.5. The van der Waals surface area contributed by atoms with Crippen molar-refractivity contribution in [3.63, 3.8) is 0 Å². The molecule has 0 radical (unpaired) electrons. The van der Waals surface area contributed by atoms with Gasteiger partial charge in [-0.3, -0.25) is 9.69 Å². The maximum absolute atomic E-state index is 12.8. The van der Waals surface area contributed by atoms with Gasteiger partial charge in [0.05, 0.1) is 11.6 Å². The molecule has 1 aliphatic heterocycles. The minimum Gasteiger partial charge on any atom is -0.383 e. The summed E-state index contributed by atoms with van der Waals surface area (Å²) in [7, 11) is 1.76. The minimum atomic E-state index is -0.223. The van der Waals surface area contributed by atoms with Crippen LogP contribution in [0.3, 0.4) is 0 Å². The molecule has 3 aromatic rings. The van der Waals surface area contributed by atoms with E-state index in [9.17, 15) is 4.79 Å². The van der Waals surface area contributed by atoms with E-state index in [0.29, 0.717) is 18.1 Å². The monoisotopic (exact) mass is 318 g/mol. The number of fused-ring (bicyclic) bond motifs is 1. The Morgan fingerprint density at radius 2 is 1.67 bits per heavy atom. The van der Waals surface area contributed by atoms with Gasteiger partial charge in [0.25, 0.3) is 0 Å². The van der Waals surface area contributed by atoms with Crippen LogP contribution in [0.25, 0.3) is 5.69 Å². The molecule has 0 fully saturated rings. The van der Waals surface area contributed by atoms with Crippen molar-refractivity contribution in [2.75, 3.05) is 17.7 Å². The zero-order chi connectivity index (χ0) is 16.7. The van der Waals surface area contributed by atoms with Gasteiger partial charge in [-0.25, -0.2) is 4.68 Å². The van der Waals surface area contributed by atoms with Crippen molar-refractivity contribution >= 4 is 17.5 Å². The highest BCUT2D eigenvalue weighted by molar-refractivity contribution is 6.00. The Morgan fingerprint density at radius 3 is 2.33 bits per heavy atom. The molecule has 1 amide bonds. The van der Waals surface area contributed by atoms with Crippen LogP contribution < -0.4 is 10.6 Å². The van der Waals surface area contributed by atoms with Gasteiger partial charge in [0.1, 0.15) is 5.82 Å². The largest absolute Gasteiger partial charge is 0.383 e. The molecule has 0 spiro atoms. The molecule has 4 rings (SSSR count). The number of benzene rings is 2. The third-order valence-electron chi connectivity index (χ3n) is 4.56. The summed E-state index contributed by atoms with van der Waals surface area (Å²) < 4.78 is 1.71. The van der Waals surface area contributed by atoms with Crippen molar-refractivity contribution in [3.05, 3.63) is 71.8 Å². The van der Waals surface area contributed by atoms with Crippen molar-refractivity contribution in [2.45, 2.75) is 12.3 Å². The SMILES string of the molecule is CN1C(=O)C(c2ccccc2)Cc2c1nn(-c1ccccc1)c2N. The standard InChI is InChI=1S/C19H18N4O/c1-22-18-16(12-15(19(22)24)13-8-4-2-5-9-13)17(20)23(21-18)14-10-6-3-7-11-14/h2-11,15H,12,20H2,1H3. The molecule has 1 atom stereocenters. The van der Waals surface area contributed by atoms with Gasteiger partial charge in [-0.1, -0.05) is 48.5 Å². The second-order valence-corrected chi connectivity index (χ2v) is 6.00. The number of hydrogen-bond donors (Lipinski definition) is 1. The number of para-hydroxylation sites is 1. The number of nitrogens with two attached hydrogens (primary N) is 1. The molecular weight excluding hydrogens is 300 g/mol. The summed E-state index contributed by atoms with van der Waals surface area (Å²) in [5.41, 5.74) is 9.19. The first-order valence-corrected chi connectivity index (χ1v) is 7.92. The molecule has 5 heteroatoms. The van der Waals surface area contributed by atoms with E-state index in [4.69, 9.17) is 5.73 Å². The lowest BCUT2D eigenvalue weighted by Gasteiger charge is -2.28. The Hall–Kier alpha value is -3.08. The van der Waals surface area contributed by atoms with Crippen molar-refractivity contribution in [1.82, 2.24) is 9.78 Å². The van der Waals surface area contributed by atoms with Crippen LogP contribution in [0.2, 0.25) is 0 Å². The first-order valence-electron chi connectivity index (χ1n) is 7.92. The molecule has 1 aromatic heterocycles. The predicted molar refractivity (Wildman–Crippen MR) is 94.3 cm³/mol. The fourth-order valence-corrected chi connectivity index (χ4v) is 3.26. The second-order valence-electron chi connectivity index (χ2n) is 6.00. The maximum atomic E-state index is 12.8. The lowest BCUT2D eigenvalue weighted by atomic mass is 9.88. The number of anilines is 2. The Balaban J connectivity index is 1.80. The van der Waals surface area contributed by atoms with Crippen LogP contribution in [0.1, 0.15) is 17.0 Å². The zero-order valence-electron chi connectivity index (χ0n) is 13.4. The normalized spacial score (nSPS) is 17.0. The molecular formula is C19H18N4O. The van der Waals surface area contributed by atoms with Crippen LogP contribution in [0, 0.1) is 0 Å². The van der Waals surface area contributed by atoms with Crippen LogP contribution in [-0.2, 0) is 11.2 Å². The second kappa shape index (κ2) is 5.53. The summed E-state index contributed by atoms with van der Waals surface area (Å²) in [6, 6.07) is 19.6. The summed E-state index contributed by atoms with van der Waals surface area (Å²) in [5, 5.41) is 4.58. The number of amides is 1. The van der Waals surface area contributed by atoms with Crippen LogP contribution >= 0.6 is 0 Å². The van der Waals surface area contributed by atoms with Gasteiger partial charge in [-0.2, -0.15) is 0 Å². The molecule has 0 saturated heterocycles. The van der Waals surface area contributed by atoms with Crippen molar-refractivity contribution in [2.24, 2.45) is 0 Å². The summed E-state index contributed by atoms with van der Waals surface area (Å²) in [5.74, 6) is 1.07. The number of hydrogen-bond acceptors (Lipinski definition) is 3. The van der Waals surface area contributed by atoms with Crippen LogP contribution in [-0.4, -0.2) is 22.7 Å². The zero-order valence-corrected chi connectivity index (χ0v) is 13.4. The molecule has 1 unspecified atom stereocenters. The predicted octanol–water partition coefficient (Wildman–Crippen LogP) is 2.76. The van der Waals surface area contributed by atoms with E-state index in [1.165, 1.54) is 0 Å². The van der Waals surface area contributed by atoms with E-state index in [-0.39, 0.29) is 11.8 Å². The van der Waals surface area contributed by atoms with E-state index < -0.39 is 0 Å². The molecule has 1 aliphatic rings. The van der Waals surface area contributed by atoms with Gasteiger partial charge in [0.2, 0.25) is 5.91 Å². The molecule has 2 aromatic carbocycles. The number of carbonyl (C=O) groups is 1. The first-order chi connectivity index (χ1) is 11.7. The fraction of sp³-hybridized carbons (Fsp3) is 0.158. The third-order valence-corrected chi connectivity index (χ3v) is 4.56. The number of nitrogen functional groups attached to an aromatic ring is 1. The number of likely N-dealkylation sites (N-methyl/N-ethyl adjacent to an activating group) is 1. The molecule has 0 saturated carbocycles. The highest BCUT2D eigenvalue weighted by Crippen LogP contribution is 2.38. The van der Waals surface area contributed by atoms with Gasteiger partial charge in [0.15, 0.2) is 5.82 Å². The van der Waals surface area contributed by atoms with Gasteiger partial charge < -0.3 is 5.73 Å². The average molecular weight is 318 g/mol. The topological polar surface area (TPSA) is 64.2 Å². The minimum absolute atomic E-state index is 0.0476. The van der Waals surface area contributed by atoms with Crippen molar-refractivity contribution in [3.8, 4) is 5.69 Å². The van der Waals surface area contributed by atoms with E-state index in [1.807, 2.05) is 60.7 Å². The smallest absolute Gasteiger partial charge is 0.235 e. The van der Waals surface area contributed by atoms with E-state index in [2.05, 4.69) is 5.10 Å². The van der Waals surface area contributed by atoms with Crippen LogP contribution in [0.15, 0.2) is 60.7 Å². The molecule has 2 heterocycles. The van der Waals surface area contributed by atoms with Gasteiger partial charge >= 0.3 is 0 Å². The Bertz CT molecular complexity index is 886. The molecule has 120 valence electrons. The van der Waals surface area contributed by atoms with E-state index in [1.54, 1.807) is 16.6 Å². The Morgan fingerprint density at radius 1 is 1.04 bits per heavy atom. The maximum Gasteiger partial charge on any atom is 0.235 e. The Kier molecular flexibility index (Phi) is 3.34. The van der Waals surface area contributed by atoms with E-state index >= 15 is 0 Å². The fourth-order valence-electron chi connectivity index (χ4n) is 3.26. The number of carbonyl (C=O) groups excluding carboxylic acids is 1. The van der Waals surface area contributed by atoms with Crippen molar-refractivity contribution < 1.29 is 4.79 Å². The van der Waals surface area contributed by atoms with Crippen molar-refractivity contribution in [1.29, 1.82) is 0 Å². The lowest BCUT2D eigenvalue weighted by molar-refractivity contribution is -0.120. The van der Waals surface area contributed by atoms with E-state index in [0.717, 1.165) is 16.8 Å². The molecule has 2 N–H and O–H groups in total. The molecule has 0 aliphatic carbocycles.